The van der Waals surface area contributed by atoms with Crippen molar-refractivity contribution in [2.45, 2.75) is 19.9 Å². The zero-order chi connectivity index (χ0) is 12.0. The Bertz CT molecular complexity index is 326. The third-order valence-electron chi connectivity index (χ3n) is 2.90. The highest BCUT2D eigenvalue weighted by Crippen LogP contribution is 2.19. The van der Waals surface area contributed by atoms with Crippen LogP contribution in [-0.2, 0) is 4.74 Å². The van der Waals surface area contributed by atoms with Crippen LogP contribution in [0, 0.1) is 13.8 Å². The lowest BCUT2D eigenvalue weighted by atomic mass is 9.98. The summed E-state index contributed by atoms with van der Waals surface area (Å²) in [6.07, 6.45) is 0. The van der Waals surface area contributed by atoms with Crippen LogP contribution in [-0.4, -0.2) is 32.0 Å². The van der Waals surface area contributed by atoms with Crippen molar-refractivity contribution >= 4 is 0 Å². The van der Waals surface area contributed by atoms with Crippen LogP contribution in [0.5, 0.6) is 0 Å². The van der Waals surface area contributed by atoms with Gasteiger partial charge in [-0.3, -0.25) is 0 Å². The molecule has 0 radical (unpaired) electrons. The SMILES string of the molecule is COCCNC(CO)c1cccc(C)c1C. The Morgan fingerprint density at radius 3 is 2.75 bits per heavy atom. The van der Waals surface area contributed by atoms with Crippen molar-refractivity contribution in [3.05, 3.63) is 34.9 Å². The topological polar surface area (TPSA) is 41.5 Å². The van der Waals surface area contributed by atoms with Crippen molar-refractivity contribution in [1.29, 1.82) is 0 Å². The van der Waals surface area contributed by atoms with Crippen LogP contribution in [0.2, 0.25) is 0 Å². The zero-order valence-corrected chi connectivity index (χ0v) is 10.3. The Morgan fingerprint density at radius 2 is 2.12 bits per heavy atom. The van der Waals surface area contributed by atoms with Crippen LogP contribution in [0.25, 0.3) is 0 Å². The molecule has 1 unspecified atom stereocenters. The first-order chi connectivity index (χ1) is 7.70. The van der Waals surface area contributed by atoms with Crippen molar-refractivity contribution < 1.29 is 9.84 Å². The van der Waals surface area contributed by atoms with Crippen LogP contribution < -0.4 is 5.32 Å². The first-order valence-corrected chi connectivity index (χ1v) is 5.60. The maximum Gasteiger partial charge on any atom is 0.0626 e. The molecule has 0 aromatic heterocycles. The molecule has 3 heteroatoms. The molecule has 0 aliphatic carbocycles. The number of aliphatic hydroxyl groups is 1. The van der Waals surface area contributed by atoms with Gasteiger partial charge < -0.3 is 15.2 Å². The van der Waals surface area contributed by atoms with E-state index < -0.39 is 0 Å². The average Bonchev–Trinajstić information content (AvgIpc) is 2.29. The third-order valence-corrected chi connectivity index (χ3v) is 2.90. The van der Waals surface area contributed by atoms with Gasteiger partial charge >= 0.3 is 0 Å². The summed E-state index contributed by atoms with van der Waals surface area (Å²) in [5, 5.41) is 12.7. The number of hydrogen-bond donors (Lipinski definition) is 2. The van der Waals surface area contributed by atoms with E-state index in [0.717, 1.165) is 6.54 Å². The van der Waals surface area contributed by atoms with E-state index in [2.05, 4.69) is 31.3 Å². The Labute approximate surface area is 97.4 Å². The Balaban J connectivity index is 2.74. The van der Waals surface area contributed by atoms with Crippen LogP contribution in [0.15, 0.2) is 18.2 Å². The highest BCUT2D eigenvalue weighted by molar-refractivity contribution is 5.35. The second kappa shape index (κ2) is 6.63. The minimum Gasteiger partial charge on any atom is -0.394 e. The Hall–Kier alpha value is -0.900. The van der Waals surface area contributed by atoms with Gasteiger partial charge in [-0.15, -0.1) is 0 Å². The summed E-state index contributed by atoms with van der Waals surface area (Å²) >= 11 is 0. The van der Waals surface area contributed by atoms with Gasteiger partial charge in [0.2, 0.25) is 0 Å². The molecular formula is C13H21NO2. The van der Waals surface area contributed by atoms with Crippen molar-refractivity contribution in [2.75, 3.05) is 26.9 Å². The molecular weight excluding hydrogens is 202 g/mol. The summed E-state index contributed by atoms with van der Waals surface area (Å²) in [6.45, 7) is 5.68. The van der Waals surface area contributed by atoms with E-state index in [9.17, 15) is 5.11 Å². The number of methoxy groups -OCH3 is 1. The first-order valence-electron chi connectivity index (χ1n) is 5.60. The van der Waals surface area contributed by atoms with Gasteiger partial charge in [0.1, 0.15) is 0 Å². The first kappa shape index (κ1) is 13.2. The van der Waals surface area contributed by atoms with E-state index >= 15 is 0 Å². The monoisotopic (exact) mass is 223 g/mol. The summed E-state index contributed by atoms with van der Waals surface area (Å²) in [5.74, 6) is 0. The lowest BCUT2D eigenvalue weighted by Crippen LogP contribution is -2.28. The maximum atomic E-state index is 9.39. The second-order valence-electron chi connectivity index (χ2n) is 3.97. The molecule has 16 heavy (non-hydrogen) atoms. The second-order valence-corrected chi connectivity index (χ2v) is 3.97. The molecule has 90 valence electrons. The number of aryl methyl sites for hydroxylation is 1. The molecule has 0 spiro atoms. The van der Waals surface area contributed by atoms with Gasteiger partial charge in [0, 0.05) is 13.7 Å². The Morgan fingerprint density at radius 1 is 1.38 bits per heavy atom. The van der Waals surface area contributed by atoms with Gasteiger partial charge in [-0.05, 0) is 30.5 Å². The number of benzene rings is 1. The molecule has 1 atom stereocenters. The van der Waals surface area contributed by atoms with Crippen molar-refractivity contribution in [3.8, 4) is 0 Å². The molecule has 1 aromatic rings. The van der Waals surface area contributed by atoms with Crippen LogP contribution in [0.3, 0.4) is 0 Å². The van der Waals surface area contributed by atoms with E-state index in [0.29, 0.717) is 6.61 Å². The zero-order valence-electron chi connectivity index (χ0n) is 10.3. The molecule has 0 saturated carbocycles. The summed E-state index contributed by atoms with van der Waals surface area (Å²) in [7, 11) is 1.67. The molecule has 0 fully saturated rings. The van der Waals surface area contributed by atoms with E-state index in [-0.39, 0.29) is 12.6 Å². The van der Waals surface area contributed by atoms with E-state index in [1.807, 2.05) is 6.07 Å². The third kappa shape index (κ3) is 3.30. The van der Waals surface area contributed by atoms with E-state index in [4.69, 9.17) is 4.74 Å². The largest absolute Gasteiger partial charge is 0.394 e. The predicted octanol–water partition coefficient (Wildman–Crippen LogP) is 1.57. The fraction of sp³-hybridized carbons (Fsp3) is 0.538. The van der Waals surface area contributed by atoms with Gasteiger partial charge in [-0.25, -0.2) is 0 Å². The highest BCUT2D eigenvalue weighted by atomic mass is 16.5. The number of nitrogens with one attached hydrogen (secondary N) is 1. The van der Waals surface area contributed by atoms with Crippen molar-refractivity contribution in [1.82, 2.24) is 5.32 Å². The summed E-state index contributed by atoms with van der Waals surface area (Å²) in [4.78, 5) is 0. The van der Waals surface area contributed by atoms with Crippen LogP contribution in [0.1, 0.15) is 22.7 Å². The minimum atomic E-state index is -0.00458. The quantitative estimate of drug-likeness (QED) is 0.719. The Kier molecular flexibility index (Phi) is 5.46. The molecule has 2 N–H and O–H groups in total. The number of aliphatic hydroxyl groups excluding tert-OH is 1. The fourth-order valence-electron chi connectivity index (χ4n) is 1.76. The molecule has 1 rings (SSSR count). The molecule has 0 aliphatic heterocycles. The lowest BCUT2D eigenvalue weighted by molar-refractivity contribution is 0.184. The number of ether oxygens (including phenoxy) is 1. The molecule has 3 nitrogen and oxygen atoms in total. The number of hydrogen-bond acceptors (Lipinski definition) is 3. The summed E-state index contributed by atoms with van der Waals surface area (Å²) < 4.78 is 4.98. The highest BCUT2D eigenvalue weighted by Gasteiger charge is 2.12. The van der Waals surface area contributed by atoms with Gasteiger partial charge in [0.05, 0.1) is 19.3 Å². The van der Waals surface area contributed by atoms with E-state index in [1.165, 1.54) is 16.7 Å². The fourth-order valence-corrected chi connectivity index (χ4v) is 1.76. The van der Waals surface area contributed by atoms with Gasteiger partial charge in [-0.1, -0.05) is 18.2 Å². The molecule has 0 heterocycles. The predicted molar refractivity (Wildman–Crippen MR) is 65.6 cm³/mol. The normalized spacial score (nSPS) is 12.8. The molecule has 0 saturated heterocycles. The average molecular weight is 223 g/mol. The molecule has 0 amide bonds. The molecule has 0 bridgehead atoms. The maximum absolute atomic E-state index is 9.39. The smallest absolute Gasteiger partial charge is 0.0626 e. The van der Waals surface area contributed by atoms with Gasteiger partial charge in [0.25, 0.3) is 0 Å². The van der Waals surface area contributed by atoms with Crippen LogP contribution in [0.4, 0.5) is 0 Å². The van der Waals surface area contributed by atoms with E-state index in [1.54, 1.807) is 7.11 Å². The number of rotatable bonds is 6. The van der Waals surface area contributed by atoms with Crippen molar-refractivity contribution in [3.63, 3.8) is 0 Å². The van der Waals surface area contributed by atoms with Crippen molar-refractivity contribution in [2.24, 2.45) is 0 Å². The molecule has 0 aliphatic rings. The lowest BCUT2D eigenvalue weighted by Gasteiger charge is -2.19. The summed E-state index contributed by atoms with van der Waals surface area (Å²) in [5.41, 5.74) is 3.66. The standard InChI is InChI=1S/C13H21NO2/c1-10-5-4-6-12(11(10)2)13(9-15)14-7-8-16-3/h4-6,13-15H,7-9H2,1-3H3. The van der Waals surface area contributed by atoms with Gasteiger partial charge in [-0.2, -0.15) is 0 Å². The minimum absolute atomic E-state index is 0.00458. The summed E-state index contributed by atoms with van der Waals surface area (Å²) in [6, 6.07) is 6.17. The van der Waals surface area contributed by atoms with Crippen LogP contribution >= 0.6 is 0 Å². The van der Waals surface area contributed by atoms with Gasteiger partial charge in [0.15, 0.2) is 0 Å². The molecule has 1 aromatic carbocycles.